The number of halogens is 1. The highest BCUT2D eigenvalue weighted by atomic mass is 79.9. The predicted molar refractivity (Wildman–Crippen MR) is 96.9 cm³/mol. The smallest absolute Gasteiger partial charge is 0.274 e. The molecule has 122 valence electrons. The minimum absolute atomic E-state index is 0.246. The number of carbonyl (C=O) groups excluding carboxylic acids is 1. The van der Waals surface area contributed by atoms with Crippen LogP contribution in [-0.4, -0.2) is 22.4 Å². The van der Waals surface area contributed by atoms with Gasteiger partial charge in [-0.3, -0.25) is 4.79 Å². The van der Waals surface area contributed by atoms with Crippen molar-refractivity contribution in [3.63, 3.8) is 0 Å². The number of amides is 1. The Morgan fingerprint density at radius 1 is 1.22 bits per heavy atom. The first-order valence-electron chi connectivity index (χ1n) is 7.52. The van der Waals surface area contributed by atoms with Crippen LogP contribution in [0.5, 0.6) is 0 Å². The Kier molecular flexibility index (Phi) is 5.71. The van der Waals surface area contributed by atoms with Crippen molar-refractivity contribution >= 4 is 33.5 Å². The number of benzene rings is 1. The Bertz CT molecular complexity index is 716. The van der Waals surface area contributed by atoms with Crippen molar-refractivity contribution in [1.82, 2.24) is 9.97 Å². The highest BCUT2D eigenvalue weighted by Gasteiger charge is 2.11. The summed E-state index contributed by atoms with van der Waals surface area (Å²) in [7, 11) is 0. The van der Waals surface area contributed by atoms with Crippen LogP contribution in [0.2, 0.25) is 0 Å². The molecular formula is C17H21BrN4O. The molecule has 0 unspecified atom stereocenters. The van der Waals surface area contributed by atoms with Gasteiger partial charge in [-0.25, -0.2) is 9.97 Å². The fourth-order valence-electron chi connectivity index (χ4n) is 1.98. The van der Waals surface area contributed by atoms with E-state index in [0.717, 1.165) is 28.0 Å². The standard InChI is InChI=1S/C17H21BrN4O/c1-10(2)9-19-17-20-12(4)8-15(22-17)16(23)21-13-5-6-14(18)11(3)7-13/h5-8,10H,9H2,1-4H3,(H,21,23)(H,19,20,22). The summed E-state index contributed by atoms with van der Waals surface area (Å²) in [6.45, 7) is 8.79. The first-order chi connectivity index (χ1) is 10.8. The molecule has 0 spiro atoms. The van der Waals surface area contributed by atoms with E-state index in [4.69, 9.17) is 0 Å². The van der Waals surface area contributed by atoms with Crippen molar-refractivity contribution in [2.24, 2.45) is 5.92 Å². The second kappa shape index (κ2) is 7.55. The van der Waals surface area contributed by atoms with Gasteiger partial charge in [-0.2, -0.15) is 0 Å². The Balaban J connectivity index is 2.16. The fourth-order valence-corrected chi connectivity index (χ4v) is 2.22. The summed E-state index contributed by atoms with van der Waals surface area (Å²) < 4.78 is 1.01. The lowest BCUT2D eigenvalue weighted by atomic mass is 10.2. The lowest BCUT2D eigenvalue weighted by Crippen LogP contribution is -2.17. The molecule has 2 N–H and O–H groups in total. The number of aryl methyl sites for hydroxylation is 2. The monoisotopic (exact) mass is 376 g/mol. The number of aromatic nitrogens is 2. The molecule has 0 aliphatic carbocycles. The molecule has 0 saturated carbocycles. The maximum Gasteiger partial charge on any atom is 0.274 e. The van der Waals surface area contributed by atoms with Crippen LogP contribution in [-0.2, 0) is 0 Å². The molecule has 0 aliphatic heterocycles. The Morgan fingerprint density at radius 2 is 1.96 bits per heavy atom. The highest BCUT2D eigenvalue weighted by molar-refractivity contribution is 9.10. The van der Waals surface area contributed by atoms with Gasteiger partial charge in [0.05, 0.1) is 0 Å². The van der Waals surface area contributed by atoms with E-state index < -0.39 is 0 Å². The summed E-state index contributed by atoms with van der Waals surface area (Å²) in [5.74, 6) is 0.711. The largest absolute Gasteiger partial charge is 0.354 e. The molecule has 23 heavy (non-hydrogen) atoms. The number of hydrogen-bond donors (Lipinski definition) is 2. The topological polar surface area (TPSA) is 66.9 Å². The van der Waals surface area contributed by atoms with Crippen LogP contribution in [0.15, 0.2) is 28.7 Å². The van der Waals surface area contributed by atoms with Gasteiger partial charge in [0.15, 0.2) is 0 Å². The fraction of sp³-hybridized carbons (Fsp3) is 0.353. The molecule has 0 aliphatic rings. The lowest BCUT2D eigenvalue weighted by molar-refractivity contribution is 0.102. The summed E-state index contributed by atoms with van der Waals surface area (Å²) in [5.41, 5.74) is 2.90. The third kappa shape index (κ3) is 5.03. The lowest BCUT2D eigenvalue weighted by Gasteiger charge is -2.10. The van der Waals surface area contributed by atoms with Gasteiger partial charge in [0.25, 0.3) is 5.91 Å². The minimum Gasteiger partial charge on any atom is -0.354 e. The van der Waals surface area contributed by atoms with Crippen LogP contribution >= 0.6 is 15.9 Å². The summed E-state index contributed by atoms with van der Waals surface area (Å²) in [6.07, 6.45) is 0. The molecule has 6 heteroatoms. The van der Waals surface area contributed by atoms with Gasteiger partial charge in [0.2, 0.25) is 5.95 Å². The average molecular weight is 377 g/mol. The molecular weight excluding hydrogens is 356 g/mol. The van der Waals surface area contributed by atoms with E-state index in [1.807, 2.05) is 32.0 Å². The Morgan fingerprint density at radius 3 is 2.61 bits per heavy atom. The maximum atomic E-state index is 12.4. The molecule has 1 aromatic heterocycles. The van der Waals surface area contributed by atoms with Crippen LogP contribution < -0.4 is 10.6 Å². The van der Waals surface area contributed by atoms with Crippen molar-refractivity contribution in [1.29, 1.82) is 0 Å². The predicted octanol–water partition coefficient (Wildman–Crippen LogP) is 4.18. The normalized spacial score (nSPS) is 10.7. The summed E-state index contributed by atoms with van der Waals surface area (Å²) in [6, 6.07) is 7.35. The molecule has 2 rings (SSSR count). The zero-order chi connectivity index (χ0) is 17.0. The van der Waals surface area contributed by atoms with Crippen molar-refractivity contribution in [2.75, 3.05) is 17.2 Å². The number of rotatable bonds is 5. The van der Waals surface area contributed by atoms with Crippen LogP contribution in [0, 0.1) is 19.8 Å². The van der Waals surface area contributed by atoms with Crippen LogP contribution in [0.1, 0.15) is 35.6 Å². The summed E-state index contributed by atoms with van der Waals surface area (Å²) in [4.78, 5) is 21.0. The van der Waals surface area contributed by atoms with Gasteiger partial charge in [0, 0.05) is 22.4 Å². The zero-order valence-electron chi connectivity index (χ0n) is 13.8. The number of nitrogens with zero attached hydrogens (tertiary/aromatic N) is 2. The summed E-state index contributed by atoms with van der Waals surface area (Å²) >= 11 is 3.45. The van der Waals surface area contributed by atoms with Crippen LogP contribution in [0.25, 0.3) is 0 Å². The van der Waals surface area contributed by atoms with Crippen molar-refractivity contribution in [3.8, 4) is 0 Å². The van der Waals surface area contributed by atoms with Gasteiger partial charge in [-0.15, -0.1) is 0 Å². The SMILES string of the molecule is Cc1cc(C(=O)Nc2ccc(Br)c(C)c2)nc(NCC(C)C)n1. The van der Waals surface area contributed by atoms with Gasteiger partial charge in [-0.1, -0.05) is 29.8 Å². The molecule has 1 heterocycles. The van der Waals surface area contributed by atoms with Gasteiger partial charge in [0.1, 0.15) is 5.69 Å². The van der Waals surface area contributed by atoms with Crippen molar-refractivity contribution in [3.05, 3.63) is 45.7 Å². The van der Waals surface area contributed by atoms with E-state index in [1.165, 1.54) is 0 Å². The number of hydrogen-bond acceptors (Lipinski definition) is 4. The van der Waals surface area contributed by atoms with E-state index in [-0.39, 0.29) is 5.91 Å². The molecule has 0 atom stereocenters. The maximum absolute atomic E-state index is 12.4. The van der Waals surface area contributed by atoms with Crippen molar-refractivity contribution < 1.29 is 4.79 Å². The number of carbonyl (C=O) groups is 1. The van der Waals surface area contributed by atoms with Crippen molar-refractivity contribution in [2.45, 2.75) is 27.7 Å². The van der Waals surface area contributed by atoms with Gasteiger partial charge >= 0.3 is 0 Å². The van der Waals surface area contributed by atoms with E-state index in [9.17, 15) is 4.79 Å². The third-order valence-electron chi connectivity index (χ3n) is 3.17. The van der Waals surface area contributed by atoms with E-state index in [0.29, 0.717) is 17.6 Å². The van der Waals surface area contributed by atoms with Gasteiger partial charge in [-0.05, 0) is 49.6 Å². The van der Waals surface area contributed by atoms with Crippen LogP contribution in [0.3, 0.4) is 0 Å². The average Bonchev–Trinajstić information content (AvgIpc) is 2.48. The minimum atomic E-state index is -0.246. The van der Waals surface area contributed by atoms with Gasteiger partial charge < -0.3 is 10.6 Å². The molecule has 2 aromatic rings. The second-order valence-electron chi connectivity index (χ2n) is 5.91. The first-order valence-corrected chi connectivity index (χ1v) is 8.31. The molecule has 0 fully saturated rings. The summed E-state index contributed by atoms with van der Waals surface area (Å²) in [5, 5.41) is 6.02. The molecule has 1 aromatic carbocycles. The number of nitrogens with one attached hydrogen (secondary N) is 2. The second-order valence-corrected chi connectivity index (χ2v) is 6.77. The molecule has 0 bridgehead atoms. The van der Waals surface area contributed by atoms with E-state index in [2.05, 4.69) is 50.4 Å². The van der Waals surface area contributed by atoms with E-state index in [1.54, 1.807) is 6.07 Å². The quantitative estimate of drug-likeness (QED) is 0.821. The van der Waals surface area contributed by atoms with E-state index >= 15 is 0 Å². The molecule has 0 radical (unpaired) electrons. The Labute approximate surface area is 145 Å². The van der Waals surface area contributed by atoms with Crippen LogP contribution in [0.4, 0.5) is 11.6 Å². The molecule has 5 nitrogen and oxygen atoms in total. The highest BCUT2D eigenvalue weighted by Crippen LogP contribution is 2.20. The molecule has 0 saturated heterocycles. The molecule has 1 amide bonds. The Hall–Kier alpha value is -1.95. The number of anilines is 2. The third-order valence-corrected chi connectivity index (χ3v) is 4.06. The first kappa shape index (κ1) is 17.4. The zero-order valence-corrected chi connectivity index (χ0v) is 15.4.